The Morgan fingerprint density at radius 1 is 0.917 bits per heavy atom. The van der Waals surface area contributed by atoms with Crippen LogP contribution in [-0.4, -0.2) is 33.7 Å². The second kappa shape index (κ2) is 15.7. The van der Waals surface area contributed by atoms with Crippen molar-refractivity contribution in [3.05, 3.63) is 54.6 Å². The van der Waals surface area contributed by atoms with Gasteiger partial charge in [-0.1, -0.05) is 19.6 Å². The topological polar surface area (TPSA) is 193 Å². The van der Waals surface area contributed by atoms with E-state index in [1.807, 2.05) is 0 Å². The molecule has 0 radical (unpaired) electrons. The van der Waals surface area contributed by atoms with Gasteiger partial charge in [0.05, 0.1) is 33.5 Å². The summed E-state index contributed by atoms with van der Waals surface area (Å²) in [6.45, 7) is -0.243. The number of rotatable bonds is 10. The summed E-state index contributed by atoms with van der Waals surface area (Å²) in [5.41, 5.74) is 6.84. The van der Waals surface area contributed by atoms with Crippen molar-refractivity contribution >= 4 is 60.1 Å². The molecule has 0 saturated carbocycles. The first-order chi connectivity index (χ1) is 15.6. The van der Waals surface area contributed by atoms with Crippen molar-refractivity contribution in [2.45, 2.75) is 17.2 Å². The van der Waals surface area contributed by atoms with Gasteiger partial charge in [0.15, 0.2) is 22.2 Å². The van der Waals surface area contributed by atoms with E-state index in [1.54, 1.807) is 6.07 Å². The smallest absolute Gasteiger partial charge is 0.744 e. The van der Waals surface area contributed by atoms with E-state index in [2.05, 4.69) is 19.6 Å². The molecular formula is C19H19N3Na2O9S3. The molecule has 12 nitrogen and oxygen atoms in total. The van der Waals surface area contributed by atoms with Crippen LogP contribution < -0.4 is 70.1 Å². The fourth-order valence-corrected chi connectivity index (χ4v) is 4.64. The fourth-order valence-electron chi connectivity index (χ4n) is 2.73. The molecule has 0 aliphatic carbocycles. The molecule has 0 atom stereocenters. The predicted molar refractivity (Wildman–Crippen MR) is 121 cm³/mol. The van der Waals surface area contributed by atoms with Gasteiger partial charge < -0.3 is 15.5 Å². The first kappa shape index (κ1) is 35.4. The minimum atomic E-state index is -4.62. The maximum atomic E-state index is 12.3. The summed E-state index contributed by atoms with van der Waals surface area (Å²) in [6, 6.07) is 12.4. The molecule has 0 fully saturated rings. The van der Waals surface area contributed by atoms with Gasteiger partial charge in [0.2, 0.25) is 0 Å². The van der Waals surface area contributed by atoms with Crippen molar-refractivity contribution in [2.75, 3.05) is 18.1 Å². The molecule has 3 aromatic carbocycles. The molecule has 36 heavy (non-hydrogen) atoms. The number of azo groups is 1. The van der Waals surface area contributed by atoms with Crippen molar-refractivity contribution in [3.63, 3.8) is 0 Å². The molecule has 0 heterocycles. The van der Waals surface area contributed by atoms with Crippen LogP contribution in [0.3, 0.4) is 0 Å². The molecule has 3 rings (SSSR count). The molecule has 0 amide bonds. The first-order valence-electron chi connectivity index (χ1n) is 8.89. The van der Waals surface area contributed by atoms with Crippen LogP contribution in [0.2, 0.25) is 0 Å². The maximum absolute atomic E-state index is 12.3. The fraction of sp³-hybridized carbons (Fsp3) is 0.158. The minimum Gasteiger partial charge on any atom is -0.744 e. The number of hydrogen-bond donors (Lipinski definition) is 1. The van der Waals surface area contributed by atoms with Crippen molar-refractivity contribution in [1.82, 2.24) is 0 Å². The molecule has 0 aromatic heterocycles. The molecule has 184 valence electrons. The van der Waals surface area contributed by atoms with Crippen molar-refractivity contribution < 1.29 is 99.3 Å². The zero-order valence-electron chi connectivity index (χ0n) is 18.5. The van der Waals surface area contributed by atoms with Gasteiger partial charge in [0.1, 0.15) is 15.8 Å². The SMILES string of the molecule is C.Nc1ccc2cc(S(=O)(=O)[O-])ccc2c1N=Nc1ccc(S(=O)(=O)CCOSOO[O-])cc1.[Na+].[Na+]. The standard InChI is InChI=1S/C18H17N3O9S3.CH4.2Na/c19-17-8-1-12-11-15(33(25,26)27)6-7-16(12)18(17)21-20-13-2-4-14(5-3-13)32(23,24)10-9-28-31-30-29-22;;;/h1-8,11,22H,9-10,19H2,(H,25,26,27);1H4;;/q;;2*+1/p-2. The third-order valence-electron chi connectivity index (χ3n) is 4.28. The van der Waals surface area contributed by atoms with Gasteiger partial charge in [-0.25, -0.2) is 16.8 Å². The number of nitrogen functional groups attached to an aromatic ring is 1. The van der Waals surface area contributed by atoms with Gasteiger partial charge >= 0.3 is 59.1 Å². The average Bonchev–Trinajstić information content (AvgIpc) is 2.77. The molecular weight excluding hydrogens is 556 g/mol. The zero-order chi connectivity index (χ0) is 24.1. The van der Waals surface area contributed by atoms with Gasteiger partial charge in [-0.3, -0.25) is 9.22 Å². The van der Waals surface area contributed by atoms with E-state index in [9.17, 15) is 26.6 Å². The molecule has 0 saturated heterocycles. The number of anilines is 1. The molecule has 0 unspecified atom stereocenters. The number of fused-ring (bicyclic) bond motifs is 1. The van der Waals surface area contributed by atoms with Crippen LogP contribution in [0.1, 0.15) is 7.43 Å². The number of sulfone groups is 1. The number of nitrogens with zero attached hydrogens (tertiary/aromatic N) is 2. The summed E-state index contributed by atoms with van der Waals surface area (Å²) < 4.78 is 66.9. The van der Waals surface area contributed by atoms with Gasteiger partial charge in [0.25, 0.3) is 0 Å². The number of nitrogens with two attached hydrogens (primary N) is 1. The van der Waals surface area contributed by atoms with E-state index in [1.165, 1.54) is 42.5 Å². The van der Waals surface area contributed by atoms with Crippen LogP contribution in [-0.2, 0) is 33.5 Å². The van der Waals surface area contributed by atoms with Gasteiger partial charge in [-0.2, -0.15) is 5.11 Å². The second-order valence-electron chi connectivity index (χ2n) is 6.38. The summed E-state index contributed by atoms with van der Waals surface area (Å²) >= 11 is 0.218. The van der Waals surface area contributed by atoms with Crippen LogP contribution in [0.4, 0.5) is 17.1 Å². The van der Waals surface area contributed by atoms with E-state index < -0.39 is 20.0 Å². The van der Waals surface area contributed by atoms with Gasteiger partial charge in [0, 0.05) is 5.39 Å². The molecule has 3 aromatic rings. The Kier molecular flexibility index (Phi) is 15.4. The first-order valence-corrected chi connectivity index (χ1v) is 12.6. The van der Waals surface area contributed by atoms with E-state index in [-0.39, 0.29) is 112 Å². The molecule has 17 heteroatoms. The predicted octanol–water partition coefficient (Wildman–Crippen LogP) is -3.04. The summed E-state index contributed by atoms with van der Waals surface area (Å²) in [5.74, 6) is -0.364. The van der Waals surface area contributed by atoms with Crippen LogP contribution >= 0.6 is 12.3 Å². The Hall–Kier alpha value is -0.630. The van der Waals surface area contributed by atoms with Crippen molar-refractivity contribution in [1.29, 1.82) is 0 Å². The Morgan fingerprint density at radius 3 is 2.17 bits per heavy atom. The molecule has 0 aliphatic heterocycles. The third-order valence-corrected chi connectivity index (χ3v) is 7.18. The van der Waals surface area contributed by atoms with E-state index >= 15 is 0 Å². The number of hydrogen-bond acceptors (Lipinski definition) is 13. The molecule has 0 bridgehead atoms. The Labute approximate surface area is 257 Å². The second-order valence-corrected chi connectivity index (χ2v) is 10.4. The monoisotopic (exact) mass is 575 g/mol. The Balaban J connectivity index is 0.00000408. The van der Waals surface area contributed by atoms with Crippen LogP contribution in [0, 0.1) is 0 Å². The molecule has 2 N–H and O–H groups in total. The summed E-state index contributed by atoms with van der Waals surface area (Å²) in [7, 11) is -8.28. The number of benzene rings is 3. The third kappa shape index (κ3) is 9.59. The summed E-state index contributed by atoms with van der Waals surface area (Å²) in [5, 5.41) is 21.8. The summed E-state index contributed by atoms with van der Waals surface area (Å²) in [4.78, 5) is -0.359. The molecule has 0 spiro atoms. The quantitative estimate of drug-likeness (QED) is 0.0378. The minimum absolute atomic E-state index is 0. The molecule has 0 aliphatic rings. The van der Waals surface area contributed by atoms with Crippen LogP contribution in [0.5, 0.6) is 0 Å². The van der Waals surface area contributed by atoms with Crippen molar-refractivity contribution in [2.24, 2.45) is 10.2 Å². The van der Waals surface area contributed by atoms with E-state index in [0.717, 1.165) is 6.07 Å². The van der Waals surface area contributed by atoms with Crippen LogP contribution in [0.25, 0.3) is 10.8 Å². The zero-order valence-corrected chi connectivity index (χ0v) is 24.9. The van der Waals surface area contributed by atoms with Crippen molar-refractivity contribution in [3.8, 4) is 0 Å². The maximum Gasteiger partial charge on any atom is 1.00 e. The Morgan fingerprint density at radius 2 is 1.56 bits per heavy atom. The normalized spacial score (nSPS) is 11.5. The average molecular weight is 576 g/mol. The van der Waals surface area contributed by atoms with Gasteiger partial charge in [-0.15, -0.1) is 9.45 Å². The van der Waals surface area contributed by atoms with E-state index in [0.29, 0.717) is 16.5 Å². The van der Waals surface area contributed by atoms with Gasteiger partial charge in [-0.05, 0) is 47.9 Å². The Bertz CT molecular complexity index is 1390. The van der Waals surface area contributed by atoms with E-state index in [4.69, 9.17) is 9.92 Å². The summed E-state index contributed by atoms with van der Waals surface area (Å²) in [6.07, 6.45) is 0. The van der Waals surface area contributed by atoms with Crippen LogP contribution in [0.15, 0.2) is 74.6 Å². The largest absolute Gasteiger partial charge is 1.00 e.